The Labute approximate surface area is 114 Å². The van der Waals surface area contributed by atoms with Crippen molar-refractivity contribution in [2.75, 3.05) is 0 Å². The van der Waals surface area contributed by atoms with Gasteiger partial charge in [-0.3, -0.25) is 0 Å². The molecule has 89 valence electrons. The van der Waals surface area contributed by atoms with Gasteiger partial charge in [0, 0.05) is 0 Å². The average Bonchev–Trinajstić information content (AvgIpc) is 2.90. The normalized spacial score (nSPS) is 13.9. The van der Waals surface area contributed by atoms with Crippen LogP contribution in [0.3, 0.4) is 0 Å². The van der Waals surface area contributed by atoms with E-state index in [0.717, 1.165) is 36.3 Å². The Hall–Kier alpha value is -1.56. The molecule has 18 heavy (non-hydrogen) atoms. The van der Waals surface area contributed by atoms with E-state index in [1.807, 2.05) is 12.1 Å². The van der Waals surface area contributed by atoms with Gasteiger partial charge in [0.15, 0.2) is 0 Å². The van der Waals surface area contributed by atoms with Crippen molar-refractivity contribution in [1.29, 1.82) is 5.26 Å². The summed E-state index contributed by atoms with van der Waals surface area (Å²) in [6.45, 7) is 0. The molecule has 2 heterocycles. The Morgan fingerprint density at radius 3 is 2.89 bits per heavy atom. The minimum absolute atomic E-state index is 0.602. The van der Waals surface area contributed by atoms with Crippen molar-refractivity contribution in [1.82, 2.24) is 4.98 Å². The van der Waals surface area contributed by atoms with Crippen LogP contribution in [-0.4, -0.2) is 21.0 Å². The quantitative estimate of drug-likeness (QED) is 0.756. The molecule has 4 heteroatoms. The van der Waals surface area contributed by atoms with Crippen LogP contribution in [0.25, 0.3) is 11.3 Å². The maximum absolute atomic E-state index is 9.35. The van der Waals surface area contributed by atoms with Crippen LogP contribution >= 0.6 is 0 Å². The second-order valence-electron chi connectivity index (χ2n) is 4.39. The Morgan fingerprint density at radius 1 is 1.33 bits per heavy atom. The van der Waals surface area contributed by atoms with Crippen LogP contribution in [-0.2, 0) is 12.8 Å². The number of hydrogen-bond acceptors (Lipinski definition) is 3. The molecule has 0 aliphatic heterocycles. The molecule has 1 aliphatic rings. The summed E-state index contributed by atoms with van der Waals surface area (Å²) in [4.78, 5) is 4.54. The zero-order valence-corrected chi connectivity index (χ0v) is 11.5. The van der Waals surface area contributed by atoms with Gasteiger partial charge in [0.05, 0.1) is 0 Å². The molecule has 3 rings (SSSR count). The number of aromatic nitrogens is 1. The number of pyridine rings is 1. The second kappa shape index (κ2) is 4.61. The van der Waals surface area contributed by atoms with Gasteiger partial charge in [-0.15, -0.1) is 0 Å². The predicted molar refractivity (Wildman–Crippen MR) is 68.7 cm³/mol. The zero-order chi connectivity index (χ0) is 12.5. The average molecular weight is 302 g/mol. The second-order valence-corrected chi connectivity index (χ2v) is 5.20. The molecule has 0 bridgehead atoms. The SMILES string of the molecule is N#Cc1c([Se])nc2c(c1-c1ccco1)CCCC2. The first-order valence-corrected chi connectivity index (χ1v) is 6.83. The summed E-state index contributed by atoms with van der Waals surface area (Å²) in [6, 6.07) is 6.01. The molecular weight excluding hydrogens is 291 g/mol. The summed E-state index contributed by atoms with van der Waals surface area (Å²) in [6.07, 6.45) is 5.94. The van der Waals surface area contributed by atoms with Crippen LogP contribution in [0, 0.1) is 11.3 Å². The van der Waals surface area contributed by atoms with Crippen molar-refractivity contribution in [3.05, 3.63) is 35.2 Å². The number of furan rings is 1. The van der Waals surface area contributed by atoms with E-state index in [1.165, 1.54) is 12.0 Å². The van der Waals surface area contributed by atoms with Crippen molar-refractivity contribution < 1.29 is 4.42 Å². The summed E-state index contributed by atoms with van der Waals surface area (Å²) < 4.78 is 6.18. The third kappa shape index (κ3) is 1.77. The summed E-state index contributed by atoms with van der Waals surface area (Å²) in [7, 11) is 0. The number of nitriles is 1. The molecule has 0 spiro atoms. The van der Waals surface area contributed by atoms with Crippen molar-refractivity contribution >= 4 is 20.6 Å². The Bertz CT molecular complexity index is 626. The molecule has 0 aromatic carbocycles. The standard InChI is InChI=1S/C14H11N2OSe/c15-8-10-13(12-6-3-7-17-12)9-4-1-2-5-11(9)16-14(10)18/h3,6-7H,1-2,4-5H2. The molecule has 0 amide bonds. The Morgan fingerprint density at radius 2 is 2.17 bits per heavy atom. The molecule has 0 fully saturated rings. The third-order valence-electron chi connectivity index (χ3n) is 3.32. The fourth-order valence-electron chi connectivity index (χ4n) is 2.51. The Balaban J connectivity index is 2.33. The number of rotatable bonds is 1. The molecule has 0 saturated heterocycles. The van der Waals surface area contributed by atoms with E-state index in [-0.39, 0.29) is 0 Å². The van der Waals surface area contributed by atoms with Crippen LogP contribution in [0.5, 0.6) is 0 Å². The van der Waals surface area contributed by atoms with E-state index in [9.17, 15) is 5.26 Å². The number of nitrogens with zero attached hydrogens (tertiary/aromatic N) is 2. The van der Waals surface area contributed by atoms with Crippen molar-refractivity contribution in [3.63, 3.8) is 0 Å². The van der Waals surface area contributed by atoms with E-state index in [2.05, 4.69) is 27.1 Å². The number of hydrogen-bond donors (Lipinski definition) is 0. The van der Waals surface area contributed by atoms with E-state index >= 15 is 0 Å². The van der Waals surface area contributed by atoms with Gasteiger partial charge < -0.3 is 0 Å². The fourth-order valence-corrected chi connectivity index (χ4v) is 3.06. The molecule has 0 atom stereocenters. The summed E-state index contributed by atoms with van der Waals surface area (Å²) in [5, 5.41) is 9.35. The van der Waals surface area contributed by atoms with Gasteiger partial charge in [0.2, 0.25) is 0 Å². The monoisotopic (exact) mass is 303 g/mol. The zero-order valence-electron chi connectivity index (χ0n) is 9.77. The van der Waals surface area contributed by atoms with Crippen LogP contribution in [0.15, 0.2) is 22.8 Å². The third-order valence-corrected chi connectivity index (χ3v) is 3.94. The van der Waals surface area contributed by atoms with Crippen LogP contribution in [0.2, 0.25) is 0 Å². The molecule has 0 unspecified atom stereocenters. The van der Waals surface area contributed by atoms with E-state index in [1.54, 1.807) is 6.26 Å². The maximum atomic E-state index is 9.35. The first kappa shape index (κ1) is 11.5. The van der Waals surface area contributed by atoms with E-state index < -0.39 is 0 Å². The van der Waals surface area contributed by atoms with Crippen molar-refractivity contribution in [3.8, 4) is 17.4 Å². The van der Waals surface area contributed by atoms with Gasteiger partial charge in [-0.05, 0) is 0 Å². The molecule has 1 aliphatic carbocycles. The summed E-state index contributed by atoms with van der Waals surface area (Å²) in [5.41, 5.74) is 3.83. The summed E-state index contributed by atoms with van der Waals surface area (Å²) in [5.74, 6) is 0.767. The van der Waals surface area contributed by atoms with Gasteiger partial charge in [0.25, 0.3) is 0 Å². The topological polar surface area (TPSA) is 49.8 Å². The van der Waals surface area contributed by atoms with Gasteiger partial charge in [-0.2, -0.15) is 0 Å². The molecule has 0 saturated carbocycles. The first-order chi connectivity index (χ1) is 8.81. The molecule has 2 aromatic rings. The number of fused-ring (bicyclic) bond motifs is 1. The van der Waals surface area contributed by atoms with Gasteiger partial charge in [0.1, 0.15) is 0 Å². The molecule has 0 N–H and O–H groups in total. The molecule has 1 radical (unpaired) electrons. The molecular formula is C14H11N2OSe. The molecule has 2 aromatic heterocycles. The predicted octanol–water partition coefficient (Wildman–Crippen LogP) is 1.89. The van der Waals surface area contributed by atoms with E-state index in [4.69, 9.17) is 4.42 Å². The van der Waals surface area contributed by atoms with Crippen LogP contribution in [0.1, 0.15) is 29.7 Å². The van der Waals surface area contributed by atoms with E-state index in [0.29, 0.717) is 10.2 Å². The van der Waals surface area contributed by atoms with Crippen molar-refractivity contribution in [2.45, 2.75) is 25.7 Å². The Kier molecular flexibility index (Phi) is 2.95. The van der Waals surface area contributed by atoms with Gasteiger partial charge >= 0.3 is 114 Å². The minimum atomic E-state index is 0.602. The van der Waals surface area contributed by atoms with Gasteiger partial charge in [-0.1, -0.05) is 0 Å². The summed E-state index contributed by atoms with van der Waals surface area (Å²) >= 11 is 2.90. The first-order valence-electron chi connectivity index (χ1n) is 5.98. The van der Waals surface area contributed by atoms with Crippen LogP contribution in [0.4, 0.5) is 0 Å². The molecule has 3 nitrogen and oxygen atoms in total. The van der Waals surface area contributed by atoms with Crippen LogP contribution < -0.4 is 4.59 Å². The fraction of sp³-hybridized carbons (Fsp3) is 0.286. The number of aryl methyl sites for hydroxylation is 1. The van der Waals surface area contributed by atoms with Gasteiger partial charge in [-0.25, -0.2) is 0 Å². The van der Waals surface area contributed by atoms with Crippen molar-refractivity contribution in [2.24, 2.45) is 0 Å².